The van der Waals surface area contributed by atoms with Gasteiger partial charge < -0.3 is 4.65 Å². The molecule has 0 aliphatic heterocycles. The van der Waals surface area contributed by atoms with E-state index in [0.717, 1.165) is 12.8 Å². The van der Waals surface area contributed by atoms with E-state index in [1.54, 1.807) is 30.0 Å². The van der Waals surface area contributed by atoms with Crippen molar-refractivity contribution >= 4 is 31.1 Å². The van der Waals surface area contributed by atoms with Crippen LogP contribution in [0.5, 0.6) is 0 Å². The maximum atomic E-state index is 13.0. The number of carbonyl (C=O) groups excluding carboxylic acids is 2. The van der Waals surface area contributed by atoms with Gasteiger partial charge in [0.05, 0.1) is 0 Å². The fourth-order valence-electron chi connectivity index (χ4n) is 3.45. The highest BCUT2D eigenvalue weighted by Gasteiger charge is 2.48. The number of amides is 1. The van der Waals surface area contributed by atoms with Gasteiger partial charge in [0, 0.05) is 24.1 Å². The summed E-state index contributed by atoms with van der Waals surface area (Å²) < 4.78 is 6.93. The van der Waals surface area contributed by atoms with Crippen molar-refractivity contribution in [1.29, 1.82) is 0 Å². The van der Waals surface area contributed by atoms with E-state index in [9.17, 15) is 9.59 Å². The number of likely N-dealkylation sites (N-methyl/N-ethyl adjacent to an activating group) is 1. The van der Waals surface area contributed by atoms with Crippen molar-refractivity contribution in [3.8, 4) is 0 Å². The zero-order valence-electron chi connectivity index (χ0n) is 14.6. The number of aromatic nitrogens is 1. The molecule has 0 saturated heterocycles. The average Bonchev–Trinajstić information content (AvgIpc) is 2.67. The molecule has 0 N–H and O–H groups in total. The lowest BCUT2D eigenvalue weighted by Crippen LogP contribution is -2.55. The van der Waals surface area contributed by atoms with E-state index >= 15 is 0 Å². The van der Waals surface area contributed by atoms with Crippen LogP contribution in [0.15, 0.2) is 54.9 Å². The molecular formula is C19H20BClN2O3+. The van der Waals surface area contributed by atoms with Crippen LogP contribution in [0.3, 0.4) is 0 Å². The van der Waals surface area contributed by atoms with Crippen molar-refractivity contribution in [1.82, 2.24) is 4.90 Å². The van der Waals surface area contributed by atoms with Gasteiger partial charge in [0.1, 0.15) is 17.9 Å². The highest BCUT2D eigenvalue weighted by atomic mass is 35.5. The molecule has 7 heteroatoms. The van der Waals surface area contributed by atoms with Gasteiger partial charge in [-0.15, -0.1) is 0 Å². The number of hydrogen-bond donors (Lipinski definition) is 0. The van der Waals surface area contributed by atoms with E-state index in [2.05, 4.69) is 0 Å². The topological polar surface area (TPSA) is 50.5 Å². The van der Waals surface area contributed by atoms with Gasteiger partial charge in [0.2, 0.25) is 0 Å². The predicted molar refractivity (Wildman–Crippen MR) is 98.6 cm³/mol. The Hall–Kier alpha value is -2.34. The van der Waals surface area contributed by atoms with Crippen LogP contribution in [0.4, 0.5) is 4.79 Å². The SMILES string of the molecule is CN(C(=O)O[B][n+]1ccccc1)C1(c2ccccc2Cl)CCCCC1=O. The van der Waals surface area contributed by atoms with Gasteiger partial charge in [-0.05, 0) is 37.5 Å². The number of rotatable bonds is 4. The molecule has 1 heterocycles. The second-order valence-electron chi connectivity index (χ2n) is 6.34. The van der Waals surface area contributed by atoms with Gasteiger partial charge in [-0.2, -0.15) is 0 Å². The molecule has 1 atom stereocenters. The second kappa shape index (κ2) is 7.91. The van der Waals surface area contributed by atoms with Crippen LogP contribution in [0.25, 0.3) is 0 Å². The average molecular weight is 371 g/mol. The van der Waals surface area contributed by atoms with Crippen molar-refractivity contribution < 1.29 is 18.7 Å². The van der Waals surface area contributed by atoms with Crippen molar-refractivity contribution in [3.63, 3.8) is 0 Å². The minimum atomic E-state index is -1.09. The minimum absolute atomic E-state index is 0.0105. The number of pyridine rings is 1. The fourth-order valence-corrected chi connectivity index (χ4v) is 3.74. The maximum Gasteiger partial charge on any atom is 0.834 e. The quantitative estimate of drug-likeness (QED) is 0.777. The third-order valence-electron chi connectivity index (χ3n) is 4.83. The molecule has 133 valence electrons. The first-order valence-corrected chi connectivity index (χ1v) is 8.95. The van der Waals surface area contributed by atoms with Crippen LogP contribution in [0.2, 0.25) is 5.02 Å². The highest BCUT2D eigenvalue weighted by molar-refractivity contribution is 6.31. The molecule has 1 saturated carbocycles. The van der Waals surface area contributed by atoms with Gasteiger partial charge in [0.15, 0.2) is 5.78 Å². The van der Waals surface area contributed by atoms with E-state index in [1.807, 2.05) is 36.4 Å². The summed E-state index contributed by atoms with van der Waals surface area (Å²) >= 11 is 6.39. The molecule has 2 aromatic rings. The summed E-state index contributed by atoms with van der Waals surface area (Å²) in [4.78, 5) is 27.1. The van der Waals surface area contributed by atoms with Crippen molar-refractivity contribution in [2.75, 3.05) is 7.05 Å². The van der Waals surface area contributed by atoms with Crippen LogP contribution in [-0.4, -0.2) is 31.4 Å². The smallest absolute Gasteiger partial charge is 0.454 e. The molecule has 1 aromatic carbocycles. The molecule has 3 rings (SSSR count). The molecule has 1 aromatic heterocycles. The maximum absolute atomic E-state index is 13.0. The van der Waals surface area contributed by atoms with Crippen LogP contribution < -0.4 is 4.48 Å². The summed E-state index contributed by atoms with van der Waals surface area (Å²) in [6.07, 6.45) is 5.51. The van der Waals surface area contributed by atoms with Crippen LogP contribution in [0, 0.1) is 0 Å². The molecule has 1 radical (unpaired) electrons. The van der Waals surface area contributed by atoms with Crippen LogP contribution >= 0.6 is 11.6 Å². The first-order chi connectivity index (χ1) is 12.6. The third-order valence-corrected chi connectivity index (χ3v) is 5.16. The summed E-state index contributed by atoms with van der Waals surface area (Å²) in [5, 5.41) is 0.476. The lowest BCUT2D eigenvalue weighted by Gasteiger charge is -2.43. The lowest BCUT2D eigenvalue weighted by molar-refractivity contribution is -0.539. The number of benzene rings is 1. The van der Waals surface area contributed by atoms with Crippen molar-refractivity contribution in [3.05, 3.63) is 65.4 Å². The Labute approximate surface area is 158 Å². The molecule has 5 nitrogen and oxygen atoms in total. The summed E-state index contributed by atoms with van der Waals surface area (Å²) in [5.74, 6) is -0.0105. The second-order valence-corrected chi connectivity index (χ2v) is 6.75. The first kappa shape index (κ1) is 18.5. The van der Waals surface area contributed by atoms with Crippen molar-refractivity contribution in [2.45, 2.75) is 31.2 Å². The van der Waals surface area contributed by atoms with Crippen LogP contribution in [-0.2, 0) is 15.0 Å². The molecular weight excluding hydrogens is 350 g/mol. The standard InChI is InChI=1S/C19H20BClN2O3/c1-22(18(25)26-20-23-13-7-2-8-14-23)19(12-6-5-11-17(19)24)15-9-3-4-10-16(15)21/h2-4,7-10,13-14H,5-6,11-12H2,1H3/q+1. The van der Waals surface area contributed by atoms with Gasteiger partial charge in [-0.1, -0.05) is 35.9 Å². The molecule has 26 heavy (non-hydrogen) atoms. The summed E-state index contributed by atoms with van der Waals surface area (Å²) in [6, 6.07) is 12.7. The number of nitrogens with zero attached hydrogens (tertiary/aromatic N) is 2. The zero-order chi connectivity index (χ0) is 18.6. The van der Waals surface area contributed by atoms with Crippen LogP contribution in [0.1, 0.15) is 31.2 Å². The monoisotopic (exact) mass is 370 g/mol. The molecule has 1 unspecified atom stereocenters. The number of carbonyl (C=O) groups is 2. The molecule has 1 aliphatic carbocycles. The van der Waals surface area contributed by atoms with E-state index in [1.165, 1.54) is 12.5 Å². The number of ketones is 1. The predicted octanol–water partition coefficient (Wildman–Crippen LogP) is 3.12. The molecule has 1 amide bonds. The lowest BCUT2D eigenvalue weighted by atomic mass is 9.74. The third kappa shape index (κ3) is 3.47. The molecule has 1 aliphatic rings. The van der Waals surface area contributed by atoms with E-state index < -0.39 is 11.6 Å². The Morgan fingerprint density at radius 2 is 1.92 bits per heavy atom. The molecule has 0 spiro atoms. The normalized spacial score (nSPS) is 19.7. The molecule has 0 bridgehead atoms. The summed E-state index contributed by atoms with van der Waals surface area (Å²) in [6.45, 7) is 0. The number of halogens is 1. The minimum Gasteiger partial charge on any atom is -0.454 e. The Bertz CT molecular complexity index is 802. The first-order valence-electron chi connectivity index (χ1n) is 8.57. The van der Waals surface area contributed by atoms with Gasteiger partial charge in [-0.3, -0.25) is 9.69 Å². The Morgan fingerprint density at radius 3 is 2.62 bits per heavy atom. The van der Waals surface area contributed by atoms with E-state index in [4.69, 9.17) is 16.3 Å². The highest BCUT2D eigenvalue weighted by Crippen LogP contribution is 2.42. The summed E-state index contributed by atoms with van der Waals surface area (Å²) in [5.41, 5.74) is -0.443. The Balaban J connectivity index is 1.88. The fraction of sp³-hybridized carbons (Fsp3) is 0.316. The van der Waals surface area contributed by atoms with Crippen molar-refractivity contribution in [2.24, 2.45) is 0 Å². The van der Waals surface area contributed by atoms with Gasteiger partial charge in [0.25, 0.3) is 0 Å². The largest absolute Gasteiger partial charge is 0.834 e. The van der Waals surface area contributed by atoms with E-state index in [-0.39, 0.29) is 5.78 Å². The zero-order valence-corrected chi connectivity index (χ0v) is 15.4. The van der Waals surface area contributed by atoms with E-state index in [0.29, 0.717) is 23.4 Å². The number of Topliss-reactive ketones (excluding diaryl/α,β-unsaturated/α-hetero) is 1. The summed E-state index contributed by atoms with van der Waals surface area (Å²) in [7, 11) is 2.91. The van der Waals surface area contributed by atoms with Gasteiger partial charge in [-0.25, -0.2) is 9.27 Å². The number of hydrogen-bond acceptors (Lipinski definition) is 3. The molecule has 1 fully saturated rings. The Morgan fingerprint density at radius 1 is 1.19 bits per heavy atom. The Kier molecular flexibility index (Phi) is 5.62. The van der Waals surface area contributed by atoms with Gasteiger partial charge >= 0.3 is 13.7 Å².